The van der Waals surface area contributed by atoms with E-state index in [2.05, 4.69) is 5.32 Å². The van der Waals surface area contributed by atoms with Crippen LogP contribution < -0.4 is 15.0 Å². The van der Waals surface area contributed by atoms with Crippen LogP contribution >= 0.6 is 0 Å². The fraction of sp³-hybridized carbons (Fsp3) is 0.471. The predicted octanol–water partition coefficient (Wildman–Crippen LogP) is 1.17. The average molecular weight is 332 g/mol. The molecule has 1 saturated carbocycles. The molecule has 1 heterocycles. The van der Waals surface area contributed by atoms with Crippen molar-refractivity contribution in [3.63, 3.8) is 0 Å². The van der Waals surface area contributed by atoms with Gasteiger partial charge in [-0.1, -0.05) is 6.07 Å². The normalized spacial score (nSPS) is 18.3. The first kappa shape index (κ1) is 16.3. The summed E-state index contributed by atoms with van der Waals surface area (Å²) >= 11 is 0. The van der Waals surface area contributed by atoms with Crippen molar-refractivity contribution in [2.75, 3.05) is 24.6 Å². The van der Waals surface area contributed by atoms with Gasteiger partial charge >= 0.3 is 5.97 Å². The van der Waals surface area contributed by atoms with Crippen LogP contribution in [-0.4, -0.2) is 42.6 Å². The van der Waals surface area contributed by atoms with Crippen molar-refractivity contribution < 1.29 is 24.2 Å². The summed E-state index contributed by atoms with van der Waals surface area (Å²) in [7, 11) is 0. The topological polar surface area (TPSA) is 95.9 Å². The van der Waals surface area contributed by atoms with Crippen molar-refractivity contribution in [1.82, 2.24) is 5.32 Å². The lowest BCUT2D eigenvalue weighted by molar-refractivity contribution is -0.143. The van der Waals surface area contributed by atoms with Crippen LogP contribution in [0.25, 0.3) is 0 Å². The Morgan fingerprint density at radius 3 is 2.75 bits per heavy atom. The molecule has 7 heteroatoms. The van der Waals surface area contributed by atoms with Crippen LogP contribution in [0.4, 0.5) is 5.69 Å². The van der Waals surface area contributed by atoms with Crippen LogP contribution in [0.1, 0.15) is 25.7 Å². The zero-order chi connectivity index (χ0) is 17.2. The van der Waals surface area contributed by atoms with Gasteiger partial charge in [-0.25, -0.2) is 0 Å². The standard InChI is InChI=1S/C17H20N2O5/c20-14(18-11-17(6-7-17)16(22)23)10-24-13-4-1-3-12(9-13)19-8-2-5-15(19)21/h1,3-4,9H,2,5-8,10-11H2,(H,18,20)(H,22,23). The quantitative estimate of drug-likeness (QED) is 0.781. The summed E-state index contributed by atoms with van der Waals surface area (Å²) in [6.07, 6.45) is 2.58. The molecular weight excluding hydrogens is 312 g/mol. The van der Waals surface area contributed by atoms with E-state index >= 15 is 0 Å². The van der Waals surface area contributed by atoms with Gasteiger partial charge in [0.25, 0.3) is 5.91 Å². The molecular formula is C17H20N2O5. The van der Waals surface area contributed by atoms with Gasteiger partial charge in [0, 0.05) is 31.3 Å². The zero-order valence-corrected chi connectivity index (χ0v) is 13.3. The fourth-order valence-electron chi connectivity index (χ4n) is 2.75. The van der Waals surface area contributed by atoms with Gasteiger partial charge in [-0.15, -0.1) is 0 Å². The summed E-state index contributed by atoms with van der Waals surface area (Å²) in [6.45, 7) is 0.639. The molecule has 0 unspecified atom stereocenters. The minimum Gasteiger partial charge on any atom is -0.484 e. The first-order chi connectivity index (χ1) is 11.5. The Morgan fingerprint density at radius 1 is 1.33 bits per heavy atom. The molecule has 1 aliphatic heterocycles. The number of rotatable bonds is 7. The van der Waals surface area contributed by atoms with Gasteiger partial charge in [-0.05, 0) is 31.4 Å². The maximum absolute atomic E-state index is 11.8. The van der Waals surface area contributed by atoms with E-state index in [0.29, 0.717) is 31.6 Å². The first-order valence-corrected chi connectivity index (χ1v) is 8.03. The highest BCUT2D eigenvalue weighted by molar-refractivity contribution is 5.95. The van der Waals surface area contributed by atoms with Gasteiger partial charge < -0.3 is 20.1 Å². The Labute approximate surface area is 139 Å². The van der Waals surface area contributed by atoms with Crippen LogP contribution in [0.15, 0.2) is 24.3 Å². The van der Waals surface area contributed by atoms with Crippen molar-refractivity contribution in [2.45, 2.75) is 25.7 Å². The predicted molar refractivity (Wildman–Crippen MR) is 85.8 cm³/mol. The lowest BCUT2D eigenvalue weighted by Crippen LogP contribution is -2.36. The molecule has 0 bridgehead atoms. The second-order valence-electron chi connectivity index (χ2n) is 6.30. The number of nitrogens with one attached hydrogen (secondary N) is 1. The largest absolute Gasteiger partial charge is 0.484 e. The maximum Gasteiger partial charge on any atom is 0.311 e. The molecule has 128 valence electrons. The smallest absolute Gasteiger partial charge is 0.311 e. The minimum atomic E-state index is -0.869. The lowest BCUT2D eigenvalue weighted by Gasteiger charge is -2.17. The monoisotopic (exact) mass is 332 g/mol. The lowest BCUT2D eigenvalue weighted by atomic mass is 10.1. The van der Waals surface area contributed by atoms with Crippen LogP contribution in [-0.2, 0) is 14.4 Å². The van der Waals surface area contributed by atoms with Gasteiger partial charge in [0.05, 0.1) is 5.41 Å². The van der Waals surface area contributed by atoms with E-state index in [-0.39, 0.29) is 25.0 Å². The molecule has 1 aromatic rings. The summed E-state index contributed by atoms with van der Waals surface area (Å²) in [6, 6.07) is 7.06. The van der Waals surface area contributed by atoms with Crippen LogP contribution in [0, 0.1) is 5.41 Å². The van der Waals surface area contributed by atoms with E-state index in [4.69, 9.17) is 9.84 Å². The van der Waals surface area contributed by atoms with Crippen molar-refractivity contribution in [1.29, 1.82) is 0 Å². The molecule has 0 atom stereocenters. The second kappa shape index (κ2) is 6.51. The number of aliphatic carboxylic acids is 1. The summed E-state index contributed by atoms with van der Waals surface area (Å²) in [5, 5.41) is 11.7. The molecule has 3 rings (SSSR count). The molecule has 2 N–H and O–H groups in total. The molecule has 0 aromatic heterocycles. The summed E-state index contributed by atoms with van der Waals surface area (Å²) in [4.78, 5) is 36.3. The van der Waals surface area contributed by atoms with E-state index in [1.807, 2.05) is 6.07 Å². The average Bonchev–Trinajstić information content (AvgIpc) is 3.26. The molecule has 0 spiro atoms. The molecule has 2 amide bonds. The SMILES string of the molecule is O=C(COc1cccc(N2CCCC2=O)c1)NCC1(C(=O)O)CC1. The molecule has 1 aromatic carbocycles. The number of ether oxygens (including phenoxy) is 1. The number of hydrogen-bond donors (Lipinski definition) is 2. The highest BCUT2D eigenvalue weighted by Crippen LogP contribution is 2.45. The molecule has 1 saturated heterocycles. The van der Waals surface area contributed by atoms with E-state index in [1.54, 1.807) is 23.1 Å². The van der Waals surface area contributed by atoms with Crippen LogP contribution in [0.2, 0.25) is 0 Å². The zero-order valence-electron chi connectivity index (χ0n) is 13.3. The second-order valence-corrected chi connectivity index (χ2v) is 6.30. The number of nitrogens with zero attached hydrogens (tertiary/aromatic N) is 1. The van der Waals surface area contributed by atoms with E-state index in [0.717, 1.165) is 12.1 Å². The number of carboxylic acids is 1. The Kier molecular flexibility index (Phi) is 4.42. The first-order valence-electron chi connectivity index (χ1n) is 8.03. The fourth-order valence-corrected chi connectivity index (χ4v) is 2.75. The number of benzene rings is 1. The Morgan fingerprint density at radius 2 is 2.12 bits per heavy atom. The van der Waals surface area contributed by atoms with Crippen molar-refractivity contribution in [3.8, 4) is 5.75 Å². The van der Waals surface area contributed by atoms with E-state index in [1.165, 1.54) is 0 Å². The van der Waals surface area contributed by atoms with Gasteiger partial charge in [0.2, 0.25) is 5.91 Å². The Hall–Kier alpha value is -2.57. The Balaban J connectivity index is 1.50. The Bertz CT molecular complexity index is 669. The van der Waals surface area contributed by atoms with Gasteiger partial charge in [0.15, 0.2) is 6.61 Å². The number of carbonyl (C=O) groups excluding carboxylic acids is 2. The van der Waals surface area contributed by atoms with Crippen molar-refractivity contribution >= 4 is 23.5 Å². The van der Waals surface area contributed by atoms with Gasteiger partial charge in [-0.2, -0.15) is 0 Å². The highest BCUT2D eigenvalue weighted by Gasteiger charge is 2.50. The number of carbonyl (C=O) groups is 3. The van der Waals surface area contributed by atoms with E-state index in [9.17, 15) is 14.4 Å². The van der Waals surface area contributed by atoms with Crippen molar-refractivity contribution in [2.24, 2.45) is 5.41 Å². The molecule has 24 heavy (non-hydrogen) atoms. The molecule has 0 radical (unpaired) electrons. The number of amides is 2. The van der Waals surface area contributed by atoms with Gasteiger partial charge in [-0.3, -0.25) is 14.4 Å². The van der Waals surface area contributed by atoms with Crippen LogP contribution in [0.5, 0.6) is 5.75 Å². The third-order valence-corrected chi connectivity index (χ3v) is 4.50. The molecule has 1 aliphatic carbocycles. The third-order valence-electron chi connectivity index (χ3n) is 4.50. The molecule has 7 nitrogen and oxygen atoms in total. The summed E-state index contributed by atoms with van der Waals surface area (Å²) in [5.74, 6) is -0.633. The summed E-state index contributed by atoms with van der Waals surface area (Å²) in [5.41, 5.74) is -0.0238. The number of anilines is 1. The molecule has 2 aliphatic rings. The minimum absolute atomic E-state index is 0.0910. The highest BCUT2D eigenvalue weighted by atomic mass is 16.5. The third kappa shape index (κ3) is 3.50. The van der Waals surface area contributed by atoms with Crippen LogP contribution in [0.3, 0.4) is 0 Å². The summed E-state index contributed by atoms with van der Waals surface area (Å²) < 4.78 is 5.45. The number of carboxylic acid groups (broad SMARTS) is 1. The molecule has 2 fully saturated rings. The van der Waals surface area contributed by atoms with Crippen molar-refractivity contribution in [3.05, 3.63) is 24.3 Å². The maximum atomic E-state index is 11.8. The van der Waals surface area contributed by atoms with E-state index < -0.39 is 11.4 Å². The van der Waals surface area contributed by atoms with Gasteiger partial charge in [0.1, 0.15) is 5.75 Å². The number of hydrogen-bond acceptors (Lipinski definition) is 4.